The second-order valence-electron chi connectivity index (χ2n) is 3.13. The molecule has 1 unspecified atom stereocenters. The molecule has 0 aliphatic rings. The van der Waals surface area contributed by atoms with Crippen molar-refractivity contribution < 1.29 is 9.18 Å². The Hall–Kier alpha value is -1.10. The molecule has 5 heteroatoms. The summed E-state index contributed by atoms with van der Waals surface area (Å²) in [7, 11) is 0. The van der Waals surface area contributed by atoms with Gasteiger partial charge in [0, 0.05) is 4.47 Å². The lowest BCUT2D eigenvalue weighted by Crippen LogP contribution is -2.34. The molecule has 1 rings (SSSR count). The van der Waals surface area contributed by atoms with Crippen LogP contribution in [0.3, 0.4) is 0 Å². The van der Waals surface area contributed by atoms with E-state index in [-0.39, 0.29) is 5.82 Å². The molecule has 0 spiro atoms. The maximum atomic E-state index is 12.9. The van der Waals surface area contributed by atoms with Crippen LogP contribution in [0.25, 0.3) is 0 Å². The number of hydrogen-bond acceptors (Lipinski definition) is 2. The van der Waals surface area contributed by atoms with E-state index >= 15 is 0 Å². The molecule has 0 heterocycles. The number of halogens is 2. The Kier molecular flexibility index (Phi) is 4.08. The molecule has 0 aliphatic heterocycles. The summed E-state index contributed by atoms with van der Waals surface area (Å²) in [4.78, 5) is 11.0. The van der Waals surface area contributed by atoms with Crippen molar-refractivity contribution in [3.63, 3.8) is 0 Å². The first-order valence-electron chi connectivity index (χ1n) is 4.55. The average Bonchev–Trinajstić information content (AvgIpc) is 2.18. The van der Waals surface area contributed by atoms with Crippen molar-refractivity contribution in [2.24, 2.45) is 5.73 Å². The number of nitrogens with one attached hydrogen (secondary N) is 1. The molecule has 0 aliphatic carbocycles. The van der Waals surface area contributed by atoms with Gasteiger partial charge in [0.05, 0.1) is 5.69 Å². The van der Waals surface area contributed by atoms with Gasteiger partial charge in [-0.15, -0.1) is 0 Å². The fourth-order valence-corrected chi connectivity index (χ4v) is 1.53. The van der Waals surface area contributed by atoms with Gasteiger partial charge < -0.3 is 11.1 Å². The topological polar surface area (TPSA) is 55.1 Å². The second-order valence-corrected chi connectivity index (χ2v) is 3.99. The lowest BCUT2D eigenvalue weighted by atomic mass is 10.2. The van der Waals surface area contributed by atoms with E-state index in [1.807, 2.05) is 6.92 Å². The summed E-state index contributed by atoms with van der Waals surface area (Å²) < 4.78 is 13.6. The van der Waals surface area contributed by atoms with Crippen molar-refractivity contribution in [2.75, 3.05) is 5.32 Å². The monoisotopic (exact) mass is 274 g/mol. The van der Waals surface area contributed by atoms with Crippen LogP contribution in [0, 0.1) is 5.82 Å². The van der Waals surface area contributed by atoms with Gasteiger partial charge >= 0.3 is 0 Å². The minimum atomic E-state index is -0.483. The third kappa shape index (κ3) is 3.20. The van der Waals surface area contributed by atoms with E-state index in [1.54, 1.807) is 6.07 Å². The summed E-state index contributed by atoms with van der Waals surface area (Å²) in [6.07, 6.45) is 0.554. The van der Waals surface area contributed by atoms with Gasteiger partial charge in [-0.3, -0.25) is 4.79 Å². The zero-order chi connectivity index (χ0) is 11.4. The van der Waals surface area contributed by atoms with Crippen LogP contribution in [0.5, 0.6) is 0 Å². The molecule has 0 fully saturated rings. The zero-order valence-corrected chi connectivity index (χ0v) is 9.84. The number of benzene rings is 1. The number of rotatable bonds is 4. The van der Waals surface area contributed by atoms with Crippen molar-refractivity contribution in [3.8, 4) is 0 Å². The third-order valence-electron chi connectivity index (χ3n) is 2.01. The van der Waals surface area contributed by atoms with Gasteiger partial charge in [-0.2, -0.15) is 0 Å². The molecule has 1 atom stereocenters. The predicted molar refractivity (Wildman–Crippen MR) is 61.0 cm³/mol. The first-order chi connectivity index (χ1) is 7.04. The third-order valence-corrected chi connectivity index (χ3v) is 2.70. The van der Waals surface area contributed by atoms with Gasteiger partial charge in [0.25, 0.3) is 0 Å². The van der Waals surface area contributed by atoms with E-state index in [2.05, 4.69) is 21.2 Å². The Balaban J connectivity index is 2.87. The normalized spacial score (nSPS) is 12.2. The Bertz CT molecular complexity index is 370. The summed E-state index contributed by atoms with van der Waals surface area (Å²) >= 11 is 3.26. The standard InChI is InChI=1S/C10H12BrFN2O/c1-2-8(10(13)15)14-9-5-6(12)3-4-7(9)11/h3-5,8,14H,2H2,1H3,(H2,13,15). The van der Waals surface area contributed by atoms with Crippen molar-refractivity contribution in [3.05, 3.63) is 28.5 Å². The molecule has 0 saturated heterocycles. The van der Waals surface area contributed by atoms with Gasteiger partial charge in [-0.1, -0.05) is 6.92 Å². The van der Waals surface area contributed by atoms with Gasteiger partial charge in [0.15, 0.2) is 0 Å². The smallest absolute Gasteiger partial charge is 0.239 e. The van der Waals surface area contributed by atoms with Gasteiger partial charge in [-0.25, -0.2) is 4.39 Å². The van der Waals surface area contributed by atoms with Crippen LogP contribution in [0.2, 0.25) is 0 Å². The highest BCUT2D eigenvalue weighted by Gasteiger charge is 2.13. The average molecular weight is 275 g/mol. The molecule has 1 amide bonds. The fraction of sp³-hybridized carbons (Fsp3) is 0.300. The highest BCUT2D eigenvalue weighted by atomic mass is 79.9. The van der Waals surface area contributed by atoms with Crippen LogP contribution in [-0.4, -0.2) is 11.9 Å². The van der Waals surface area contributed by atoms with Crippen LogP contribution >= 0.6 is 15.9 Å². The van der Waals surface area contributed by atoms with Gasteiger partial charge in [-0.05, 0) is 40.5 Å². The fourth-order valence-electron chi connectivity index (χ4n) is 1.17. The van der Waals surface area contributed by atoms with E-state index in [0.29, 0.717) is 16.6 Å². The molecule has 3 N–H and O–H groups in total. The first kappa shape index (κ1) is 12.0. The number of carbonyl (C=O) groups excluding carboxylic acids is 1. The maximum Gasteiger partial charge on any atom is 0.239 e. The molecular weight excluding hydrogens is 263 g/mol. The molecule has 3 nitrogen and oxygen atoms in total. The lowest BCUT2D eigenvalue weighted by molar-refractivity contribution is -0.118. The van der Waals surface area contributed by atoms with Crippen LogP contribution in [0.15, 0.2) is 22.7 Å². The highest BCUT2D eigenvalue weighted by molar-refractivity contribution is 9.10. The molecule has 15 heavy (non-hydrogen) atoms. The summed E-state index contributed by atoms with van der Waals surface area (Å²) in [6, 6.07) is 3.74. The molecule has 0 aromatic heterocycles. The summed E-state index contributed by atoms with van der Waals surface area (Å²) in [5, 5.41) is 2.88. The van der Waals surface area contributed by atoms with Gasteiger partial charge in [0.2, 0.25) is 5.91 Å². The summed E-state index contributed by atoms with van der Waals surface area (Å²) in [5.41, 5.74) is 5.70. The Morgan fingerprint density at radius 1 is 1.67 bits per heavy atom. The number of primary amides is 1. The van der Waals surface area contributed by atoms with Crippen molar-refractivity contribution in [2.45, 2.75) is 19.4 Å². The van der Waals surface area contributed by atoms with E-state index < -0.39 is 11.9 Å². The molecule has 82 valence electrons. The Morgan fingerprint density at radius 3 is 2.87 bits per heavy atom. The molecule has 1 aromatic carbocycles. The molecule has 0 radical (unpaired) electrons. The van der Waals surface area contributed by atoms with Gasteiger partial charge in [0.1, 0.15) is 11.9 Å². The molecule has 0 saturated carbocycles. The summed E-state index contributed by atoms with van der Waals surface area (Å²) in [6.45, 7) is 1.83. The minimum Gasteiger partial charge on any atom is -0.373 e. The van der Waals surface area contributed by atoms with Crippen molar-refractivity contribution in [1.82, 2.24) is 0 Å². The highest BCUT2D eigenvalue weighted by Crippen LogP contribution is 2.24. The quantitative estimate of drug-likeness (QED) is 0.885. The second kappa shape index (κ2) is 5.11. The lowest BCUT2D eigenvalue weighted by Gasteiger charge is -2.15. The van der Waals surface area contributed by atoms with Crippen LogP contribution in [-0.2, 0) is 4.79 Å². The zero-order valence-electron chi connectivity index (χ0n) is 8.26. The minimum absolute atomic E-state index is 0.361. The number of amides is 1. The number of anilines is 1. The molecule has 1 aromatic rings. The number of nitrogens with two attached hydrogens (primary N) is 1. The number of hydrogen-bond donors (Lipinski definition) is 2. The van der Waals surface area contributed by atoms with E-state index in [9.17, 15) is 9.18 Å². The van der Waals surface area contributed by atoms with E-state index in [4.69, 9.17) is 5.73 Å². The SMILES string of the molecule is CCC(Nc1cc(F)ccc1Br)C(N)=O. The van der Waals surface area contributed by atoms with E-state index in [0.717, 1.165) is 0 Å². The molecular formula is C10H12BrFN2O. The summed E-state index contributed by atoms with van der Waals surface area (Å²) in [5.74, 6) is -0.811. The predicted octanol–water partition coefficient (Wildman–Crippen LogP) is 2.26. The van der Waals surface area contributed by atoms with Crippen LogP contribution in [0.1, 0.15) is 13.3 Å². The maximum absolute atomic E-state index is 12.9. The Morgan fingerprint density at radius 2 is 2.33 bits per heavy atom. The van der Waals surface area contributed by atoms with Crippen molar-refractivity contribution >= 4 is 27.5 Å². The number of carbonyl (C=O) groups is 1. The van der Waals surface area contributed by atoms with Crippen LogP contribution in [0.4, 0.5) is 10.1 Å². The van der Waals surface area contributed by atoms with Crippen LogP contribution < -0.4 is 11.1 Å². The Labute approximate surface area is 96.0 Å². The first-order valence-corrected chi connectivity index (χ1v) is 5.34. The van der Waals surface area contributed by atoms with E-state index in [1.165, 1.54) is 12.1 Å². The largest absolute Gasteiger partial charge is 0.373 e. The molecule has 0 bridgehead atoms. The van der Waals surface area contributed by atoms with Crippen molar-refractivity contribution in [1.29, 1.82) is 0 Å².